The van der Waals surface area contributed by atoms with E-state index >= 15 is 0 Å². The summed E-state index contributed by atoms with van der Waals surface area (Å²) in [4.78, 5) is 4.77. The summed E-state index contributed by atoms with van der Waals surface area (Å²) in [5.41, 5.74) is 5.24. The third kappa shape index (κ3) is 6.19. The molecule has 2 fully saturated rings. The van der Waals surface area contributed by atoms with E-state index < -0.39 is 0 Å². The summed E-state index contributed by atoms with van der Waals surface area (Å²) in [6, 6.07) is 17.8. The summed E-state index contributed by atoms with van der Waals surface area (Å²) in [6.45, 7) is 11.0. The Hall–Kier alpha value is -2.12. The summed E-state index contributed by atoms with van der Waals surface area (Å²) >= 11 is 0. The van der Waals surface area contributed by atoms with E-state index in [0.717, 1.165) is 78.8 Å². The number of nitrogens with zero attached hydrogens (tertiary/aromatic N) is 2. The second kappa shape index (κ2) is 11.3. The summed E-state index contributed by atoms with van der Waals surface area (Å²) in [5.74, 6) is 0. The number of hydrogen-bond donors (Lipinski definition) is 2. The minimum atomic E-state index is 0.828. The highest BCUT2D eigenvalue weighted by molar-refractivity contribution is 5.48. The first kappa shape index (κ1) is 21.1. The molecular weight excluding hydrogens is 376 g/mol. The van der Waals surface area contributed by atoms with Gasteiger partial charge < -0.3 is 29.9 Å². The smallest absolute Gasteiger partial charge is 0.0642 e. The molecule has 2 saturated heterocycles. The van der Waals surface area contributed by atoms with E-state index in [1.807, 2.05) is 0 Å². The molecule has 30 heavy (non-hydrogen) atoms. The molecule has 0 aliphatic carbocycles. The lowest BCUT2D eigenvalue weighted by molar-refractivity contribution is 0.122. The van der Waals surface area contributed by atoms with Crippen LogP contribution in [-0.2, 0) is 22.6 Å². The Morgan fingerprint density at radius 2 is 0.933 bits per heavy atom. The highest BCUT2D eigenvalue weighted by Gasteiger charge is 2.11. The van der Waals surface area contributed by atoms with Crippen molar-refractivity contribution in [2.75, 3.05) is 75.5 Å². The maximum Gasteiger partial charge on any atom is 0.0642 e. The molecule has 0 atom stereocenters. The third-order valence-corrected chi connectivity index (χ3v) is 5.76. The van der Waals surface area contributed by atoms with Gasteiger partial charge in [0.1, 0.15) is 0 Å². The number of ether oxygens (including phenoxy) is 2. The molecule has 2 aliphatic heterocycles. The SMILES string of the molecule is c1cc(N2CCOCC2)ccc1CNCCNCc1ccc(N2CCOCC2)cc1. The highest BCUT2D eigenvalue weighted by atomic mass is 16.5. The minimum Gasteiger partial charge on any atom is -0.378 e. The van der Waals surface area contributed by atoms with Crippen molar-refractivity contribution in [2.45, 2.75) is 13.1 Å². The molecule has 0 unspecified atom stereocenters. The van der Waals surface area contributed by atoms with Crippen molar-refractivity contribution in [3.05, 3.63) is 59.7 Å². The van der Waals surface area contributed by atoms with E-state index in [9.17, 15) is 0 Å². The van der Waals surface area contributed by atoms with Crippen molar-refractivity contribution in [1.82, 2.24) is 10.6 Å². The van der Waals surface area contributed by atoms with Crippen LogP contribution in [0.3, 0.4) is 0 Å². The normalized spacial score (nSPS) is 17.3. The first-order valence-corrected chi connectivity index (χ1v) is 11.1. The fourth-order valence-electron chi connectivity index (χ4n) is 3.93. The lowest BCUT2D eigenvalue weighted by Gasteiger charge is -2.29. The van der Waals surface area contributed by atoms with Crippen molar-refractivity contribution in [3.8, 4) is 0 Å². The van der Waals surface area contributed by atoms with Crippen LogP contribution in [0.1, 0.15) is 11.1 Å². The van der Waals surface area contributed by atoms with Crippen molar-refractivity contribution in [2.24, 2.45) is 0 Å². The standard InChI is InChI=1S/C24H34N4O2/c1-5-23(27-11-15-29-16-12-27)6-2-21(1)19-25-9-10-26-20-22-3-7-24(8-4-22)28-13-17-30-18-14-28/h1-8,25-26H,9-20H2. The van der Waals surface area contributed by atoms with Gasteiger partial charge in [-0.2, -0.15) is 0 Å². The second-order valence-electron chi connectivity index (χ2n) is 7.89. The van der Waals surface area contributed by atoms with Crippen LogP contribution in [0, 0.1) is 0 Å². The first-order valence-electron chi connectivity index (χ1n) is 11.1. The van der Waals surface area contributed by atoms with Gasteiger partial charge in [0, 0.05) is 63.7 Å². The first-order chi connectivity index (χ1) is 14.9. The molecule has 2 aromatic rings. The van der Waals surface area contributed by atoms with Gasteiger partial charge in [0.05, 0.1) is 26.4 Å². The molecule has 0 spiro atoms. The Bertz CT molecular complexity index is 673. The summed E-state index contributed by atoms with van der Waals surface area (Å²) in [7, 11) is 0. The molecule has 0 saturated carbocycles. The Kier molecular flexibility index (Phi) is 7.97. The Morgan fingerprint density at radius 1 is 0.567 bits per heavy atom. The average molecular weight is 411 g/mol. The molecule has 4 rings (SSSR count). The summed E-state index contributed by atoms with van der Waals surface area (Å²) in [5, 5.41) is 7.05. The van der Waals surface area contributed by atoms with Gasteiger partial charge in [0.15, 0.2) is 0 Å². The monoisotopic (exact) mass is 410 g/mol. The lowest BCUT2D eigenvalue weighted by atomic mass is 10.2. The third-order valence-electron chi connectivity index (χ3n) is 5.76. The summed E-state index contributed by atoms with van der Waals surface area (Å²) < 4.78 is 10.9. The van der Waals surface area contributed by atoms with E-state index in [4.69, 9.17) is 9.47 Å². The highest BCUT2D eigenvalue weighted by Crippen LogP contribution is 2.17. The van der Waals surface area contributed by atoms with Crippen LogP contribution in [0.5, 0.6) is 0 Å². The predicted molar refractivity (Wildman–Crippen MR) is 122 cm³/mol. The molecule has 0 radical (unpaired) electrons. The molecule has 2 heterocycles. The largest absolute Gasteiger partial charge is 0.378 e. The van der Waals surface area contributed by atoms with E-state index in [0.29, 0.717) is 0 Å². The number of benzene rings is 2. The van der Waals surface area contributed by atoms with Gasteiger partial charge in [-0.1, -0.05) is 24.3 Å². The predicted octanol–water partition coefficient (Wildman–Crippen LogP) is 2.24. The summed E-state index contributed by atoms with van der Waals surface area (Å²) in [6.07, 6.45) is 0. The van der Waals surface area contributed by atoms with Crippen LogP contribution >= 0.6 is 0 Å². The molecule has 2 aliphatic rings. The Balaban J connectivity index is 1.10. The quantitative estimate of drug-likeness (QED) is 0.619. The minimum absolute atomic E-state index is 0.828. The van der Waals surface area contributed by atoms with Gasteiger partial charge in [-0.05, 0) is 35.4 Å². The average Bonchev–Trinajstić information content (AvgIpc) is 2.83. The van der Waals surface area contributed by atoms with Crippen molar-refractivity contribution >= 4 is 11.4 Å². The molecule has 6 nitrogen and oxygen atoms in total. The van der Waals surface area contributed by atoms with Crippen LogP contribution in [0.2, 0.25) is 0 Å². The molecule has 2 N–H and O–H groups in total. The number of morpholine rings is 2. The van der Waals surface area contributed by atoms with Crippen LogP contribution in [0.25, 0.3) is 0 Å². The zero-order valence-corrected chi connectivity index (χ0v) is 17.8. The number of hydrogen-bond acceptors (Lipinski definition) is 6. The lowest BCUT2D eigenvalue weighted by Crippen LogP contribution is -2.36. The van der Waals surface area contributed by atoms with Gasteiger partial charge in [-0.15, -0.1) is 0 Å². The zero-order valence-electron chi connectivity index (χ0n) is 17.8. The van der Waals surface area contributed by atoms with Gasteiger partial charge in [0.2, 0.25) is 0 Å². The van der Waals surface area contributed by atoms with Gasteiger partial charge in [-0.25, -0.2) is 0 Å². The van der Waals surface area contributed by atoms with Crippen molar-refractivity contribution in [1.29, 1.82) is 0 Å². The molecule has 0 aromatic heterocycles. The molecule has 162 valence electrons. The van der Waals surface area contributed by atoms with E-state index in [2.05, 4.69) is 69.0 Å². The fourth-order valence-corrected chi connectivity index (χ4v) is 3.93. The fraction of sp³-hybridized carbons (Fsp3) is 0.500. The van der Waals surface area contributed by atoms with Crippen LogP contribution in [0.15, 0.2) is 48.5 Å². The maximum absolute atomic E-state index is 5.43. The van der Waals surface area contributed by atoms with Gasteiger partial charge in [-0.3, -0.25) is 0 Å². The van der Waals surface area contributed by atoms with E-state index in [1.54, 1.807) is 0 Å². The van der Waals surface area contributed by atoms with E-state index in [1.165, 1.54) is 22.5 Å². The van der Waals surface area contributed by atoms with Crippen LogP contribution < -0.4 is 20.4 Å². The van der Waals surface area contributed by atoms with Gasteiger partial charge in [0.25, 0.3) is 0 Å². The Labute approximate surface area is 180 Å². The van der Waals surface area contributed by atoms with E-state index in [-0.39, 0.29) is 0 Å². The zero-order chi connectivity index (χ0) is 20.4. The molecule has 2 aromatic carbocycles. The van der Waals surface area contributed by atoms with Gasteiger partial charge >= 0.3 is 0 Å². The van der Waals surface area contributed by atoms with Crippen molar-refractivity contribution < 1.29 is 9.47 Å². The number of rotatable bonds is 9. The number of nitrogens with one attached hydrogen (secondary N) is 2. The Morgan fingerprint density at radius 3 is 1.30 bits per heavy atom. The molecular formula is C24H34N4O2. The van der Waals surface area contributed by atoms with Crippen molar-refractivity contribution in [3.63, 3.8) is 0 Å². The molecule has 0 bridgehead atoms. The molecule has 0 amide bonds. The van der Waals surface area contributed by atoms with Crippen LogP contribution in [-0.4, -0.2) is 65.7 Å². The van der Waals surface area contributed by atoms with Crippen LogP contribution in [0.4, 0.5) is 11.4 Å². The topological polar surface area (TPSA) is 49.0 Å². The maximum atomic E-state index is 5.43. The number of anilines is 2. The second-order valence-corrected chi connectivity index (χ2v) is 7.89. The molecule has 6 heteroatoms.